The Bertz CT molecular complexity index is 991. The Hall–Kier alpha value is -3.88. The van der Waals surface area contributed by atoms with Crippen LogP contribution in [0.5, 0.6) is 0 Å². The standard InChI is InChI=1S/C23H24N2O7/c1-13(22(29)31-2)24-21(28)19(11-20(26)27)25-23(30)32-12-18-16-9-5-3-7-14(16)15-8-4-6-10-17(15)18/h3-10,13,18-19H,11-12H2,1-2H3,(H,24,28)(H,25,30)(H,26,27). The molecule has 2 aromatic rings. The number of carbonyl (C=O) groups is 4. The first-order valence-electron chi connectivity index (χ1n) is 10.0. The van der Waals surface area contributed by atoms with E-state index in [2.05, 4.69) is 15.4 Å². The quantitative estimate of drug-likeness (QED) is 0.536. The van der Waals surface area contributed by atoms with Crippen LogP contribution in [0.15, 0.2) is 48.5 Å². The summed E-state index contributed by atoms with van der Waals surface area (Å²) in [5.74, 6) is -3.01. The van der Waals surface area contributed by atoms with Crippen molar-refractivity contribution in [2.24, 2.45) is 0 Å². The topological polar surface area (TPSA) is 131 Å². The van der Waals surface area contributed by atoms with Crippen LogP contribution in [0.25, 0.3) is 11.1 Å². The molecule has 32 heavy (non-hydrogen) atoms. The number of fused-ring (bicyclic) bond motifs is 3. The van der Waals surface area contributed by atoms with Crippen LogP contribution >= 0.6 is 0 Å². The van der Waals surface area contributed by atoms with Crippen molar-refractivity contribution in [1.82, 2.24) is 10.6 Å². The van der Waals surface area contributed by atoms with Gasteiger partial charge in [-0.25, -0.2) is 9.59 Å². The van der Waals surface area contributed by atoms with E-state index in [0.29, 0.717) is 0 Å². The molecule has 0 saturated heterocycles. The van der Waals surface area contributed by atoms with Gasteiger partial charge in [-0.05, 0) is 29.2 Å². The molecule has 0 bridgehead atoms. The predicted molar refractivity (Wildman–Crippen MR) is 114 cm³/mol. The van der Waals surface area contributed by atoms with E-state index in [-0.39, 0.29) is 12.5 Å². The van der Waals surface area contributed by atoms with Crippen LogP contribution in [0.4, 0.5) is 4.79 Å². The molecule has 2 unspecified atom stereocenters. The van der Waals surface area contributed by atoms with Crippen molar-refractivity contribution >= 4 is 23.9 Å². The van der Waals surface area contributed by atoms with Crippen LogP contribution in [0.2, 0.25) is 0 Å². The van der Waals surface area contributed by atoms with Gasteiger partial charge in [0.05, 0.1) is 13.5 Å². The minimum atomic E-state index is -1.42. The molecule has 0 saturated carbocycles. The smallest absolute Gasteiger partial charge is 0.407 e. The Labute approximate surface area is 184 Å². The van der Waals surface area contributed by atoms with Gasteiger partial charge in [0.2, 0.25) is 5.91 Å². The first-order valence-corrected chi connectivity index (χ1v) is 10.0. The second kappa shape index (κ2) is 9.95. The van der Waals surface area contributed by atoms with E-state index in [0.717, 1.165) is 29.4 Å². The normalized spacial score (nSPS) is 13.8. The molecule has 3 rings (SSSR count). The number of aliphatic carboxylic acids is 1. The van der Waals surface area contributed by atoms with E-state index in [1.54, 1.807) is 0 Å². The number of benzene rings is 2. The van der Waals surface area contributed by atoms with E-state index in [4.69, 9.17) is 9.84 Å². The van der Waals surface area contributed by atoms with E-state index < -0.39 is 42.4 Å². The van der Waals surface area contributed by atoms with Gasteiger partial charge < -0.3 is 25.2 Å². The fourth-order valence-corrected chi connectivity index (χ4v) is 3.72. The summed E-state index contributed by atoms with van der Waals surface area (Å²) in [5, 5.41) is 13.7. The summed E-state index contributed by atoms with van der Waals surface area (Å²) >= 11 is 0. The summed E-state index contributed by atoms with van der Waals surface area (Å²) in [7, 11) is 1.16. The number of nitrogens with one attached hydrogen (secondary N) is 2. The molecule has 2 atom stereocenters. The Morgan fingerprint density at radius 1 is 0.969 bits per heavy atom. The highest BCUT2D eigenvalue weighted by molar-refractivity contribution is 5.92. The van der Waals surface area contributed by atoms with E-state index >= 15 is 0 Å². The highest BCUT2D eigenvalue weighted by Gasteiger charge is 2.31. The van der Waals surface area contributed by atoms with E-state index in [1.165, 1.54) is 6.92 Å². The Kier molecular flexibility index (Phi) is 7.09. The lowest BCUT2D eigenvalue weighted by Crippen LogP contribution is -2.51. The zero-order valence-electron chi connectivity index (χ0n) is 17.7. The summed E-state index contributed by atoms with van der Waals surface area (Å²) in [6.45, 7) is 1.40. The maximum absolute atomic E-state index is 12.4. The van der Waals surface area contributed by atoms with Crippen molar-refractivity contribution in [3.8, 4) is 11.1 Å². The lowest BCUT2D eigenvalue weighted by atomic mass is 9.98. The minimum absolute atomic E-state index is 0.0137. The number of alkyl carbamates (subject to hydrolysis) is 1. The number of esters is 1. The van der Waals surface area contributed by atoms with Crippen LogP contribution in [-0.4, -0.2) is 54.8 Å². The van der Waals surface area contributed by atoms with Crippen molar-refractivity contribution in [1.29, 1.82) is 0 Å². The summed E-state index contributed by atoms with van der Waals surface area (Å²) in [6, 6.07) is 13.2. The van der Waals surface area contributed by atoms with Gasteiger partial charge >= 0.3 is 18.0 Å². The van der Waals surface area contributed by atoms with Crippen molar-refractivity contribution in [3.63, 3.8) is 0 Å². The second-order valence-corrected chi connectivity index (χ2v) is 7.37. The van der Waals surface area contributed by atoms with Gasteiger partial charge in [0.1, 0.15) is 18.7 Å². The second-order valence-electron chi connectivity index (χ2n) is 7.37. The van der Waals surface area contributed by atoms with Crippen molar-refractivity contribution < 1.29 is 33.8 Å². The Morgan fingerprint density at radius 3 is 2.06 bits per heavy atom. The lowest BCUT2D eigenvalue weighted by Gasteiger charge is -2.20. The van der Waals surface area contributed by atoms with Crippen LogP contribution < -0.4 is 10.6 Å². The monoisotopic (exact) mass is 440 g/mol. The molecular weight excluding hydrogens is 416 g/mol. The number of carboxylic acids is 1. The van der Waals surface area contributed by atoms with E-state index in [1.807, 2.05) is 48.5 Å². The molecule has 2 amide bonds. The molecule has 168 valence electrons. The van der Waals surface area contributed by atoms with Crippen molar-refractivity contribution in [3.05, 3.63) is 59.7 Å². The summed E-state index contributed by atoms with van der Waals surface area (Å²) in [6.07, 6.45) is -1.61. The molecule has 0 fully saturated rings. The van der Waals surface area contributed by atoms with Gasteiger partial charge in [-0.15, -0.1) is 0 Å². The number of hydrogen-bond acceptors (Lipinski definition) is 6. The number of hydrogen-bond donors (Lipinski definition) is 3. The zero-order valence-corrected chi connectivity index (χ0v) is 17.7. The maximum Gasteiger partial charge on any atom is 0.407 e. The SMILES string of the molecule is COC(=O)C(C)NC(=O)C(CC(=O)O)NC(=O)OCC1c2ccccc2-c2ccccc21. The van der Waals surface area contributed by atoms with Gasteiger partial charge in [-0.3, -0.25) is 9.59 Å². The molecule has 2 aromatic carbocycles. The number of amides is 2. The minimum Gasteiger partial charge on any atom is -0.481 e. The van der Waals surface area contributed by atoms with Crippen molar-refractivity contribution in [2.45, 2.75) is 31.3 Å². The maximum atomic E-state index is 12.4. The molecule has 0 aromatic heterocycles. The van der Waals surface area contributed by atoms with Gasteiger partial charge in [0, 0.05) is 5.92 Å². The van der Waals surface area contributed by atoms with E-state index in [9.17, 15) is 19.2 Å². The molecule has 0 radical (unpaired) electrons. The number of carbonyl (C=O) groups excluding carboxylic acids is 3. The molecule has 1 aliphatic carbocycles. The largest absolute Gasteiger partial charge is 0.481 e. The van der Waals surface area contributed by atoms with Gasteiger partial charge in [-0.1, -0.05) is 48.5 Å². The predicted octanol–water partition coefficient (Wildman–Crippen LogP) is 2.05. The average molecular weight is 440 g/mol. The third-order valence-corrected chi connectivity index (χ3v) is 5.24. The molecule has 9 nitrogen and oxygen atoms in total. The van der Waals surface area contributed by atoms with Crippen LogP contribution in [0.1, 0.15) is 30.4 Å². The van der Waals surface area contributed by atoms with Crippen LogP contribution in [0.3, 0.4) is 0 Å². The summed E-state index contributed by atoms with van der Waals surface area (Å²) in [5.41, 5.74) is 4.18. The molecule has 0 spiro atoms. The first-order chi connectivity index (χ1) is 15.3. The molecule has 1 aliphatic rings. The van der Waals surface area contributed by atoms with Crippen molar-refractivity contribution in [2.75, 3.05) is 13.7 Å². The van der Waals surface area contributed by atoms with Gasteiger partial charge in [0.25, 0.3) is 0 Å². The summed E-state index contributed by atoms with van der Waals surface area (Å²) < 4.78 is 9.89. The third kappa shape index (κ3) is 5.05. The lowest BCUT2D eigenvalue weighted by molar-refractivity contribution is -0.145. The molecule has 9 heteroatoms. The summed E-state index contributed by atoms with van der Waals surface area (Å²) in [4.78, 5) is 47.4. The Morgan fingerprint density at radius 2 is 1.53 bits per heavy atom. The fourth-order valence-electron chi connectivity index (χ4n) is 3.72. The third-order valence-electron chi connectivity index (χ3n) is 5.24. The first kappa shape index (κ1) is 22.8. The van der Waals surface area contributed by atoms with Gasteiger partial charge in [-0.2, -0.15) is 0 Å². The fraction of sp³-hybridized carbons (Fsp3) is 0.304. The molecule has 0 heterocycles. The average Bonchev–Trinajstić information content (AvgIpc) is 3.10. The van der Waals surface area contributed by atoms with Crippen LogP contribution in [0, 0.1) is 0 Å². The number of ether oxygens (including phenoxy) is 2. The molecule has 0 aliphatic heterocycles. The number of methoxy groups -OCH3 is 1. The highest BCUT2D eigenvalue weighted by atomic mass is 16.5. The zero-order chi connectivity index (χ0) is 23.3. The van der Waals surface area contributed by atoms with Crippen LogP contribution in [-0.2, 0) is 23.9 Å². The number of rotatable bonds is 8. The highest BCUT2D eigenvalue weighted by Crippen LogP contribution is 2.44. The molecular formula is C23H24N2O7. The number of carboxylic acid groups (broad SMARTS) is 1. The Balaban J connectivity index is 1.66. The molecule has 3 N–H and O–H groups in total. The van der Waals surface area contributed by atoms with Gasteiger partial charge in [0.15, 0.2) is 0 Å².